The third-order valence-electron chi connectivity index (χ3n) is 3.74. The summed E-state index contributed by atoms with van der Waals surface area (Å²) in [6, 6.07) is 7.49. The Hall–Kier alpha value is -2.39. The third-order valence-corrected chi connectivity index (χ3v) is 4.82. The van der Waals surface area contributed by atoms with Gasteiger partial charge in [-0.25, -0.2) is 4.79 Å². The highest BCUT2D eigenvalue weighted by molar-refractivity contribution is 8.00. The van der Waals surface area contributed by atoms with E-state index in [1.807, 2.05) is 35.8 Å². The van der Waals surface area contributed by atoms with Gasteiger partial charge in [0.25, 0.3) is 0 Å². The van der Waals surface area contributed by atoms with Crippen molar-refractivity contribution in [3.8, 4) is 11.4 Å². The van der Waals surface area contributed by atoms with Gasteiger partial charge in [-0.05, 0) is 26.8 Å². The number of rotatable bonds is 8. The number of hydrogen-bond acceptors (Lipinski definition) is 6. The SMILES string of the molecule is CCNC(=O)NC(=O)[C@@H](C)Sc1nnc(-c2cccc(C)c2)n1CCOC. The van der Waals surface area contributed by atoms with Gasteiger partial charge in [-0.15, -0.1) is 10.2 Å². The van der Waals surface area contributed by atoms with Gasteiger partial charge in [-0.3, -0.25) is 14.7 Å². The molecular weight excluding hydrogens is 366 g/mol. The van der Waals surface area contributed by atoms with Gasteiger partial charge in [0.2, 0.25) is 5.91 Å². The lowest BCUT2D eigenvalue weighted by Gasteiger charge is -2.13. The number of amides is 3. The number of ether oxygens (including phenoxy) is 1. The maximum Gasteiger partial charge on any atom is 0.321 e. The number of imide groups is 1. The van der Waals surface area contributed by atoms with Gasteiger partial charge in [0, 0.05) is 19.2 Å². The Morgan fingerprint density at radius 1 is 1.33 bits per heavy atom. The standard InChI is InChI=1S/C18H25N5O3S/c1-5-19-17(25)20-16(24)13(3)27-18-22-21-15(23(18)9-10-26-4)14-8-6-7-12(2)11-14/h6-8,11,13H,5,9-10H2,1-4H3,(H2,19,20,24,25)/t13-/m1/s1. The molecule has 1 aromatic carbocycles. The van der Waals surface area contributed by atoms with E-state index >= 15 is 0 Å². The molecule has 0 radical (unpaired) electrons. The van der Waals surface area contributed by atoms with Gasteiger partial charge in [-0.1, -0.05) is 35.5 Å². The molecule has 0 aliphatic carbocycles. The number of aryl methyl sites for hydroxylation is 1. The van der Waals surface area contributed by atoms with Gasteiger partial charge in [-0.2, -0.15) is 0 Å². The molecule has 146 valence electrons. The lowest BCUT2D eigenvalue weighted by Crippen LogP contribution is -2.42. The van der Waals surface area contributed by atoms with E-state index in [9.17, 15) is 9.59 Å². The third kappa shape index (κ3) is 5.80. The molecule has 0 aliphatic rings. The van der Waals surface area contributed by atoms with Crippen molar-refractivity contribution in [3.63, 3.8) is 0 Å². The van der Waals surface area contributed by atoms with Crippen molar-refractivity contribution >= 4 is 23.7 Å². The Morgan fingerprint density at radius 3 is 2.78 bits per heavy atom. The summed E-state index contributed by atoms with van der Waals surface area (Å²) >= 11 is 1.25. The van der Waals surface area contributed by atoms with Crippen LogP contribution in [0.4, 0.5) is 4.79 Å². The molecule has 8 nitrogen and oxygen atoms in total. The average Bonchev–Trinajstić information content (AvgIpc) is 3.02. The monoisotopic (exact) mass is 391 g/mol. The van der Waals surface area contributed by atoms with Crippen molar-refractivity contribution in [1.82, 2.24) is 25.4 Å². The maximum atomic E-state index is 12.2. The molecule has 1 aromatic heterocycles. The molecule has 2 aromatic rings. The Morgan fingerprint density at radius 2 is 2.11 bits per heavy atom. The number of nitrogens with zero attached hydrogens (tertiary/aromatic N) is 3. The van der Waals surface area contributed by atoms with E-state index in [2.05, 4.69) is 20.8 Å². The molecule has 3 amide bonds. The molecule has 1 heterocycles. The number of benzene rings is 1. The van der Waals surface area contributed by atoms with Crippen LogP contribution in [0.25, 0.3) is 11.4 Å². The number of carbonyl (C=O) groups excluding carboxylic acids is 2. The maximum absolute atomic E-state index is 12.2. The van der Waals surface area contributed by atoms with Crippen LogP contribution in [0.5, 0.6) is 0 Å². The molecule has 27 heavy (non-hydrogen) atoms. The highest BCUT2D eigenvalue weighted by Gasteiger charge is 2.22. The summed E-state index contributed by atoms with van der Waals surface area (Å²) in [5.74, 6) is 0.332. The summed E-state index contributed by atoms with van der Waals surface area (Å²) in [4.78, 5) is 23.7. The van der Waals surface area contributed by atoms with Crippen molar-refractivity contribution < 1.29 is 14.3 Å². The van der Waals surface area contributed by atoms with E-state index in [-0.39, 0.29) is 5.91 Å². The predicted octanol–water partition coefficient (Wildman–Crippen LogP) is 2.23. The van der Waals surface area contributed by atoms with E-state index in [0.717, 1.165) is 17.0 Å². The number of hydrogen-bond donors (Lipinski definition) is 2. The fourth-order valence-electron chi connectivity index (χ4n) is 2.39. The van der Waals surface area contributed by atoms with Crippen LogP contribution in [0.15, 0.2) is 29.4 Å². The zero-order valence-corrected chi connectivity index (χ0v) is 16.8. The second-order valence-corrected chi connectivity index (χ2v) is 7.24. The smallest absolute Gasteiger partial charge is 0.321 e. The van der Waals surface area contributed by atoms with Crippen LogP contribution in [0, 0.1) is 6.92 Å². The summed E-state index contributed by atoms with van der Waals surface area (Å²) in [5, 5.41) is 13.5. The van der Waals surface area contributed by atoms with Crippen LogP contribution in [-0.4, -0.2) is 52.2 Å². The Labute approximate surface area is 163 Å². The highest BCUT2D eigenvalue weighted by Crippen LogP contribution is 2.27. The van der Waals surface area contributed by atoms with Crippen LogP contribution in [0.1, 0.15) is 19.4 Å². The van der Waals surface area contributed by atoms with Crippen molar-refractivity contribution in [2.24, 2.45) is 0 Å². The molecular formula is C18H25N5O3S. The van der Waals surface area contributed by atoms with Gasteiger partial charge in [0.1, 0.15) is 0 Å². The summed E-state index contributed by atoms with van der Waals surface area (Å²) < 4.78 is 7.13. The first-order valence-corrected chi connectivity index (χ1v) is 9.58. The first-order valence-electron chi connectivity index (χ1n) is 8.70. The summed E-state index contributed by atoms with van der Waals surface area (Å²) in [5.41, 5.74) is 2.07. The summed E-state index contributed by atoms with van der Waals surface area (Å²) in [6.07, 6.45) is 0. The molecule has 0 fully saturated rings. The van der Waals surface area contributed by atoms with Crippen molar-refractivity contribution in [3.05, 3.63) is 29.8 Å². The Bertz CT molecular complexity index is 793. The van der Waals surface area contributed by atoms with Crippen LogP contribution < -0.4 is 10.6 Å². The van der Waals surface area contributed by atoms with Crippen molar-refractivity contribution in [1.29, 1.82) is 0 Å². The van der Waals surface area contributed by atoms with Crippen molar-refractivity contribution in [2.75, 3.05) is 20.3 Å². The summed E-state index contributed by atoms with van der Waals surface area (Å²) in [7, 11) is 1.63. The normalized spacial score (nSPS) is 11.9. The van der Waals surface area contributed by atoms with E-state index in [0.29, 0.717) is 24.9 Å². The predicted molar refractivity (Wildman–Crippen MR) is 105 cm³/mol. The molecule has 9 heteroatoms. The van der Waals surface area contributed by atoms with Crippen LogP contribution in [-0.2, 0) is 16.1 Å². The number of methoxy groups -OCH3 is 1. The highest BCUT2D eigenvalue weighted by atomic mass is 32.2. The van der Waals surface area contributed by atoms with Crippen LogP contribution >= 0.6 is 11.8 Å². The molecule has 0 saturated carbocycles. The van der Waals surface area contributed by atoms with Gasteiger partial charge in [0.05, 0.1) is 18.4 Å². The molecule has 1 atom stereocenters. The lowest BCUT2D eigenvalue weighted by molar-refractivity contribution is -0.119. The number of carbonyl (C=O) groups is 2. The molecule has 0 saturated heterocycles. The number of thioether (sulfide) groups is 1. The zero-order chi connectivity index (χ0) is 19.8. The van der Waals surface area contributed by atoms with Crippen LogP contribution in [0.2, 0.25) is 0 Å². The molecule has 0 aliphatic heterocycles. The fourth-order valence-corrected chi connectivity index (χ4v) is 3.26. The lowest BCUT2D eigenvalue weighted by atomic mass is 10.1. The zero-order valence-electron chi connectivity index (χ0n) is 16.0. The summed E-state index contributed by atoms with van der Waals surface area (Å²) in [6.45, 7) is 7.02. The fraction of sp³-hybridized carbons (Fsp3) is 0.444. The van der Waals surface area contributed by atoms with Gasteiger partial charge >= 0.3 is 6.03 Å². The van der Waals surface area contributed by atoms with Crippen molar-refractivity contribution in [2.45, 2.75) is 37.7 Å². The van der Waals surface area contributed by atoms with Gasteiger partial charge in [0.15, 0.2) is 11.0 Å². The first-order chi connectivity index (χ1) is 13.0. The quantitative estimate of drug-likeness (QED) is 0.670. The van der Waals surface area contributed by atoms with Crippen LogP contribution in [0.3, 0.4) is 0 Å². The molecule has 2 N–H and O–H groups in total. The minimum Gasteiger partial charge on any atom is -0.383 e. The largest absolute Gasteiger partial charge is 0.383 e. The minimum absolute atomic E-state index is 0.385. The minimum atomic E-state index is -0.511. The Kier molecular flexibility index (Phi) is 7.81. The topological polar surface area (TPSA) is 98.1 Å². The average molecular weight is 391 g/mol. The Balaban J connectivity index is 2.20. The molecule has 0 unspecified atom stereocenters. The second kappa shape index (κ2) is 10.1. The van der Waals surface area contributed by atoms with Gasteiger partial charge < -0.3 is 10.1 Å². The van der Waals surface area contributed by atoms with E-state index in [1.54, 1.807) is 21.0 Å². The number of nitrogens with one attached hydrogen (secondary N) is 2. The van der Waals surface area contributed by atoms with E-state index in [4.69, 9.17) is 4.74 Å². The van der Waals surface area contributed by atoms with E-state index < -0.39 is 11.3 Å². The molecule has 0 spiro atoms. The second-order valence-electron chi connectivity index (χ2n) is 5.93. The molecule has 0 bridgehead atoms. The number of urea groups is 1. The molecule has 2 rings (SSSR count). The number of aromatic nitrogens is 3. The first kappa shape index (κ1) is 20.9. The van der Waals surface area contributed by atoms with E-state index in [1.165, 1.54) is 11.8 Å².